The van der Waals surface area contributed by atoms with Crippen molar-refractivity contribution < 1.29 is 38.2 Å². The fraction of sp³-hybridized carbons (Fsp3) is 0.479. The Kier molecular flexibility index (Phi) is 16.5. The number of quaternary nitrogens is 1. The molecule has 0 saturated heterocycles. The molecule has 0 saturated carbocycles. The first-order valence-electron chi connectivity index (χ1n) is 21.5. The number of carbonyl (C=O) groups is 5. The summed E-state index contributed by atoms with van der Waals surface area (Å²) in [6, 6.07) is 16.3. The van der Waals surface area contributed by atoms with E-state index in [0.29, 0.717) is 47.6 Å². The average molecular weight is 871 g/mol. The fourth-order valence-corrected chi connectivity index (χ4v) is 7.25. The molecule has 5 atom stereocenters. The molecule has 63 heavy (non-hydrogen) atoms. The van der Waals surface area contributed by atoms with Gasteiger partial charge >= 0.3 is 17.9 Å². The van der Waals surface area contributed by atoms with E-state index in [0.717, 1.165) is 5.56 Å². The van der Waals surface area contributed by atoms with E-state index < -0.39 is 75.2 Å². The highest BCUT2D eigenvalue weighted by atomic mass is 16.6. The number of fused-ring (bicyclic) bond motifs is 1. The van der Waals surface area contributed by atoms with Crippen LogP contribution in [0.2, 0.25) is 0 Å². The molecule has 15 nitrogen and oxygen atoms in total. The normalized spacial score (nSPS) is 17.0. The third-order valence-electron chi connectivity index (χ3n) is 9.96. The minimum absolute atomic E-state index is 0.0446. The largest absolute Gasteiger partial charge is 0.488 e. The number of imide groups is 1. The molecule has 0 bridgehead atoms. The summed E-state index contributed by atoms with van der Waals surface area (Å²) in [7, 11) is 0. The maximum atomic E-state index is 15.7. The topological polar surface area (TPSA) is 241 Å². The van der Waals surface area contributed by atoms with Gasteiger partial charge in [0.05, 0.1) is 6.04 Å². The van der Waals surface area contributed by atoms with Crippen LogP contribution in [0.15, 0.2) is 79.0 Å². The van der Waals surface area contributed by atoms with Crippen LogP contribution < -0.4 is 47.5 Å². The number of nitrogens with one attached hydrogen (secondary N) is 2. The van der Waals surface area contributed by atoms with Crippen LogP contribution in [0.3, 0.4) is 0 Å². The molecule has 3 aromatic rings. The van der Waals surface area contributed by atoms with Crippen molar-refractivity contribution in [3.8, 4) is 11.5 Å². The zero-order valence-corrected chi connectivity index (χ0v) is 38.3. The molecule has 4 rings (SSSR count). The Morgan fingerprint density at radius 1 is 0.635 bits per heavy atom. The van der Waals surface area contributed by atoms with E-state index in [-0.39, 0.29) is 31.4 Å². The van der Waals surface area contributed by atoms with Gasteiger partial charge in [0.25, 0.3) is 0 Å². The maximum absolute atomic E-state index is 15.7. The predicted octanol–water partition coefficient (Wildman–Crippen LogP) is 5.28. The Balaban J connectivity index is 1.82. The Hall–Kier alpha value is -5.61. The number of para-hydroxylation sites is 1. The lowest BCUT2D eigenvalue weighted by atomic mass is 9.98. The summed E-state index contributed by atoms with van der Waals surface area (Å²) in [6.45, 7) is 17.0. The Morgan fingerprint density at radius 3 is 1.68 bits per heavy atom. The summed E-state index contributed by atoms with van der Waals surface area (Å²) in [5.41, 5.74) is 25.6. The maximum Gasteiger partial charge on any atom is 0.408 e. The SMILES string of the molecule is CC(C)(C)OC(=O)N[C@@H](CC1=C[N+](C(=O)[C@H](Cc2ccc(OC(C)(C)C)cc2)NC(=O)[C@H](N)Cc2ccc(OC(C)(C)C)cc2)(C(=O)[C@@H](N)CCCCN)c2ccccc21)C(N)=O. The van der Waals surface area contributed by atoms with Gasteiger partial charge in [0.2, 0.25) is 11.8 Å². The van der Waals surface area contributed by atoms with Gasteiger partial charge in [0.15, 0.2) is 5.69 Å². The molecule has 1 heterocycles. The molecule has 1 unspecified atom stereocenters. The Morgan fingerprint density at radius 2 is 1.17 bits per heavy atom. The number of unbranched alkanes of at least 4 members (excludes halogenated alkanes) is 1. The van der Waals surface area contributed by atoms with Crippen LogP contribution in [0, 0.1) is 0 Å². The first-order valence-corrected chi connectivity index (χ1v) is 21.5. The molecule has 342 valence electrons. The first kappa shape index (κ1) is 50.0. The van der Waals surface area contributed by atoms with Gasteiger partial charge < -0.3 is 47.8 Å². The van der Waals surface area contributed by atoms with Gasteiger partial charge in [-0.25, -0.2) is 14.4 Å². The van der Waals surface area contributed by atoms with Crippen molar-refractivity contribution in [2.75, 3.05) is 6.54 Å². The molecule has 5 amide bonds. The molecule has 10 N–H and O–H groups in total. The van der Waals surface area contributed by atoms with Crippen LogP contribution >= 0.6 is 0 Å². The second-order valence-electron chi connectivity index (χ2n) is 19.1. The standard InChI is InChI=1S/C48H67N7O8/c1-46(2,3)61-33-21-17-30(18-22-33)26-37(51)42(57)53-39(27-31-19-23-34(24-20-31)62-47(4,5)6)44(59)55(43(58)36(50)15-12-13-25-49)29-32(35-14-10-11-16-40(35)55)28-38(41(52)56)54-45(60)63-48(7,8)9/h10-11,14,16-24,29,36-39H,12-13,15,25-28,49-51H2,1-9H3,(H3-,52,53,54,56,57,60)/p+1/t36-,37+,38-,39-,55?/m0/s1. The highest BCUT2D eigenvalue weighted by Gasteiger charge is 2.56. The summed E-state index contributed by atoms with van der Waals surface area (Å²) < 4.78 is 16.3. The van der Waals surface area contributed by atoms with E-state index in [2.05, 4.69) is 10.6 Å². The van der Waals surface area contributed by atoms with Crippen molar-refractivity contribution in [2.24, 2.45) is 22.9 Å². The number of ether oxygens (including phenoxy) is 3. The number of carbonyl (C=O) groups excluding carboxylic acids is 5. The van der Waals surface area contributed by atoms with Crippen LogP contribution in [0.1, 0.15) is 105 Å². The first-order chi connectivity index (χ1) is 29.3. The Labute approximate surface area is 371 Å². The Bertz CT molecular complexity index is 2120. The number of alkyl carbamates (subject to hydrolysis) is 1. The molecular weight excluding hydrogens is 803 g/mol. The van der Waals surface area contributed by atoms with Crippen LogP contribution in [0.5, 0.6) is 11.5 Å². The molecule has 0 radical (unpaired) electrons. The second-order valence-corrected chi connectivity index (χ2v) is 19.1. The molecule has 1 aliphatic rings. The molecule has 0 aliphatic carbocycles. The monoisotopic (exact) mass is 871 g/mol. The number of primary amides is 1. The molecule has 15 heteroatoms. The molecule has 0 spiro atoms. The smallest absolute Gasteiger partial charge is 0.408 e. The lowest BCUT2D eigenvalue weighted by Gasteiger charge is -2.33. The van der Waals surface area contributed by atoms with E-state index in [1.54, 1.807) is 69.3 Å². The summed E-state index contributed by atoms with van der Waals surface area (Å²) >= 11 is 0. The van der Waals surface area contributed by atoms with Crippen molar-refractivity contribution in [2.45, 2.75) is 142 Å². The van der Waals surface area contributed by atoms with E-state index in [1.165, 1.54) is 6.20 Å². The average Bonchev–Trinajstić information content (AvgIpc) is 3.51. The van der Waals surface area contributed by atoms with Crippen molar-refractivity contribution in [1.29, 1.82) is 0 Å². The van der Waals surface area contributed by atoms with Crippen LogP contribution in [-0.4, -0.2) is 77.2 Å². The van der Waals surface area contributed by atoms with E-state index in [4.69, 9.17) is 37.1 Å². The third kappa shape index (κ3) is 14.2. The highest BCUT2D eigenvalue weighted by molar-refractivity contribution is 6.18. The quantitative estimate of drug-likeness (QED) is 0.0710. The van der Waals surface area contributed by atoms with Gasteiger partial charge in [-0.05, 0) is 136 Å². The van der Waals surface area contributed by atoms with Crippen LogP contribution in [0.4, 0.5) is 10.5 Å². The summed E-state index contributed by atoms with van der Waals surface area (Å²) in [4.78, 5) is 70.7. The van der Waals surface area contributed by atoms with Crippen molar-refractivity contribution >= 4 is 41.0 Å². The zero-order chi connectivity index (χ0) is 46.9. The zero-order valence-electron chi connectivity index (χ0n) is 38.3. The molecular formula is C48H68N7O8+. The number of benzene rings is 3. The van der Waals surface area contributed by atoms with Gasteiger partial charge in [-0.1, -0.05) is 36.4 Å². The van der Waals surface area contributed by atoms with E-state index in [1.807, 2.05) is 65.8 Å². The summed E-state index contributed by atoms with van der Waals surface area (Å²) in [6.07, 6.45) is 1.80. The summed E-state index contributed by atoms with van der Waals surface area (Å²) in [5, 5.41) is 5.45. The highest BCUT2D eigenvalue weighted by Crippen LogP contribution is 2.44. The number of hydrogen-bond donors (Lipinski definition) is 6. The van der Waals surface area contributed by atoms with Gasteiger partial charge in [-0.3, -0.25) is 9.59 Å². The van der Waals surface area contributed by atoms with Crippen LogP contribution in [0.25, 0.3) is 5.57 Å². The minimum atomic E-state index is -1.34. The number of nitrogens with zero attached hydrogens (tertiary/aromatic N) is 1. The van der Waals surface area contributed by atoms with Gasteiger partial charge in [0, 0.05) is 30.0 Å². The third-order valence-corrected chi connectivity index (χ3v) is 9.96. The number of nitrogens with two attached hydrogens (primary N) is 4. The van der Waals surface area contributed by atoms with Crippen molar-refractivity contribution in [3.63, 3.8) is 0 Å². The van der Waals surface area contributed by atoms with Crippen molar-refractivity contribution in [1.82, 2.24) is 15.1 Å². The van der Waals surface area contributed by atoms with Crippen molar-refractivity contribution in [3.05, 3.63) is 95.7 Å². The van der Waals surface area contributed by atoms with Crippen LogP contribution in [-0.2, 0) is 36.8 Å². The number of amides is 5. The molecule has 3 aromatic carbocycles. The molecule has 0 aromatic heterocycles. The van der Waals surface area contributed by atoms with Gasteiger partial charge in [-0.15, -0.1) is 4.48 Å². The van der Waals surface area contributed by atoms with E-state index in [9.17, 15) is 14.4 Å². The molecule has 1 aliphatic heterocycles. The predicted molar refractivity (Wildman–Crippen MR) is 245 cm³/mol. The lowest BCUT2D eigenvalue weighted by molar-refractivity contribution is -0.144. The molecule has 0 fully saturated rings. The van der Waals surface area contributed by atoms with E-state index >= 15 is 9.59 Å². The fourth-order valence-electron chi connectivity index (χ4n) is 7.25. The second kappa shape index (κ2) is 20.7. The summed E-state index contributed by atoms with van der Waals surface area (Å²) in [5.74, 6) is -1.60. The van der Waals surface area contributed by atoms with Gasteiger partial charge in [0.1, 0.15) is 52.6 Å². The number of hydrogen-bond acceptors (Lipinski definition) is 11. The lowest BCUT2D eigenvalue weighted by Crippen LogP contribution is -2.65. The number of rotatable bonds is 18. The van der Waals surface area contributed by atoms with Gasteiger partial charge in [-0.2, -0.15) is 0 Å². The minimum Gasteiger partial charge on any atom is -0.488 e.